The molecule has 0 saturated heterocycles. The molecule has 0 aromatic heterocycles. The molecule has 0 spiro atoms. The molecule has 0 unspecified atom stereocenters. The fourth-order valence-electron chi connectivity index (χ4n) is 2.81. The average molecular weight is 372 g/mol. The number of aliphatic hydroxyl groups is 1. The van der Waals surface area contributed by atoms with Crippen LogP contribution < -0.4 is 4.74 Å². The number of halogens is 3. The minimum absolute atomic E-state index is 0.196. The molecule has 1 heterocycles. The number of rotatable bonds is 7. The number of nitrogens with zero attached hydrogens (tertiary/aromatic N) is 2. The second kappa shape index (κ2) is 8.07. The van der Waals surface area contributed by atoms with Gasteiger partial charge in [0.25, 0.3) is 5.72 Å². The Morgan fingerprint density at radius 1 is 1.31 bits per heavy atom. The van der Waals surface area contributed by atoms with Gasteiger partial charge in [-0.25, -0.2) is 0 Å². The topological polar surface area (TPSA) is 62.1 Å². The van der Waals surface area contributed by atoms with Gasteiger partial charge in [0.1, 0.15) is 5.75 Å². The predicted molar refractivity (Wildman–Crippen MR) is 90.7 cm³/mol. The quantitative estimate of drug-likeness (QED) is 0.743. The molecule has 0 bridgehead atoms. The summed E-state index contributed by atoms with van der Waals surface area (Å²) in [5, 5.41) is 14.2. The van der Waals surface area contributed by atoms with Crippen LogP contribution in [0.4, 0.5) is 13.2 Å². The number of hydrogen-bond donors (Lipinski definition) is 1. The average Bonchev–Trinajstić information content (AvgIpc) is 2.94. The van der Waals surface area contributed by atoms with Gasteiger partial charge in [0.2, 0.25) is 5.91 Å². The number of unbranched alkanes of at least 4 members (excludes halogenated alkanes) is 2. The smallest absolute Gasteiger partial charge is 0.438 e. The number of hydrazone groups is 1. The van der Waals surface area contributed by atoms with E-state index in [1.54, 1.807) is 24.3 Å². The van der Waals surface area contributed by atoms with Crippen molar-refractivity contribution in [2.75, 3.05) is 7.11 Å². The summed E-state index contributed by atoms with van der Waals surface area (Å²) < 4.78 is 45.3. The summed E-state index contributed by atoms with van der Waals surface area (Å²) in [5.41, 5.74) is -2.57. The summed E-state index contributed by atoms with van der Waals surface area (Å²) in [6.45, 7) is 1.98. The number of hydrogen-bond acceptors (Lipinski definition) is 4. The summed E-state index contributed by atoms with van der Waals surface area (Å²) in [6.07, 6.45) is -3.22. The number of carbonyl (C=O) groups excluding carboxylic acids is 1. The van der Waals surface area contributed by atoms with Crippen molar-refractivity contribution in [3.63, 3.8) is 0 Å². The van der Waals surface area contributed by atoms with Gasteiger partial charge in [0.15, 0.2) is 0 Å². The molecule has 1 aromatic carbocycles. The molecule has 1 amide bonds. The first kappa shape index (κ1) is 20.2. The van der Waals surface area contributed by atoms with E-state index in [2.05, 4.69) is 5.10 Å². The molecule has 2 rings (SSSR count). The van der Waals surface area contributed by atoms with Crippen LogP contribution in [0.3, 0.4) is 0 Å². The van der Waals surface area contributed by atoms with E-state index in [-0.39, 0.29) is 17.1 Å². The fraction of sp³-hybridized carbons (Fsp3) is 0.556. The minimum Gasteiger partial charge on any atom is -0.497 e. The van der Waals surface area contributed by atoms with E-state index < -0.39 is 24.2 Å². The Hall–Kier alpha value is -2.09. The van der Waals surface area contributed by atoms with Crippen LogP contribution in [0.5, 0.6) is 5.75 Å². The number of alkyl halides is 3. The number of methoxy groups -OCH3 is 1. The lowest BCUT2D eigenvalue weighted by atomic mass is 10.0. The van der Waals surface area contributed by atoms with E-state index in [0.717, 1.165) is 12.8 Å². The molecule has 0 radical (unpaired) electrons. The van der Waals surface area contributed by atoms with E-state index >= 15 is 0 Å². The molecule has 0 fully saturated rings. The van der Waals surface area contributed by atoms with Crippen LogP contribution in [0.15, 0.2) is 29.4 Å². The van der Waals surface area contributed by atoms with Gasteiger partial charge in [-0.2, -0.15) is 23.3 Å². The van der Waals surface area contributed by atoms with E-state index in [4.69, 9.17) is 4.74 Å². The Kier molecular flexibility index (Phi) is 6.28. The van der Waals surface area contributed by atoms with Crippen LogP contribution in [0.2, 0.25) is 0 Å². The third-order valence-corrected chi connectivity index (χ3v) is 4.32. The van der Waals surface area contributed by atoms with Crippen molar-refractivity contribution in [3.8, 4) is 5.75 Å². The lowest BCUT2D eigenvalue weighted by Gasteiger charge is -2.32. The Labute approximate surface area is 150 Å². The highest BCUT2D eigenvalue weighted by atomic mass is 19.4. The van der Waals surface area contributed by atoms with Crippen LogP contribution in [0.25, 0.3) is 0 Å². The number of amides is 1. The zero-order chi connectivity index (χ0) is 19.4. The standard InChI is InChI=1S/C18H23F3N2O3/c1-3-4-5-6-14-12-17(25,18(19,20)21)23(22-14)16(24)11-13-7-9-15(26-2)10-8-13/h7-10,25H,3-6,11-12H2,1-2H3/t17-/m0/s1. The SMILES string of the molecule is CCCCCC1=NN(C(=O)Cc2ccc(OC)cc2)[C@@](O)(C(F)(F)F)C1. The molecule has 1 atom stereocenters. The van der Waals surface area contributed by atoms with E-state index in [1.165, 1.54) is 7.11 Å². The molecule has 0 aliphatic carbocycles. The lowest BCUT2D eigenvalue weighted by Crippen LogP contribution is -2.57. The van der Waals surface area contributed by atoms with Crippen molar-refractivity contribution in [2.24, 2.45) is 5.10 Å². The number of carbonyl (C=O) groups is 1. The van der Waals surface area contributed by atoms with Crippen LogP contribution >= 0.6 is 0 Å². The Morgan fingerprint density at radius 2 is 1.96 bits per heavy atom. The van der Waals surface area contributed by atoms with E-state index in [0.29, 0.717) is 24.2 Å². The van der Waals surface area contributed by atoms with Crippen LogP contribution in [-0.4, -0.2) is 40.7 Å². The molecule has 1 aliphatic heterocycles. The fourth-order valence-corrected chi connectivity index (χ4v) is 2.81. The minimum atomic E-state index is -4.99. The lowest BCUT2D eigenvalue weighted by molar-refractivity contribution is -0.302. The zero-order valence-electron chi connectivity index (χ0n) is 14.8. The maximum atomic E-state index is 13.4. The van der Waals surface area contributed by atoms with Crippen molar-refractivity contribution < 1.29 is 27.8 Å². The molecule has 26 heavy (non-hydrogen) atoms. The zero-order valence-corrected chi connectivity index (χ0v) is 14.8. The van der Waals surface area contributed by atoms with Gasteiger partial charge in [-0.05, 0) is 30.5 Å². The Morgan fingerprint density at radius 3 is 2.50 bits per heavy atom. The largest absolute Gasteiger partial charge is 0.497 e. The van der Waals surface area contributed by atoms with Gasteiger partial charge in [-0.15, -0.1) is 0 Å². The van der Waals surface area contributed by atoms with Crippen LogP contribution in [0, 0.1) is 0 Å². The third kappa shape index (κ3) is 4.35. The van der Waals surface area contributed by atoms with Gasteiger partial charge in [0, 0.05) is 12.1 Å². The highest BCUT2D eigenvalue weighted by molar-refractivity contribution is 5.91. The Balaban J connectivity index is 2.18. The second-order valence-electron chi connectivity index (χ2n) is 6.34. The number of ether oxygens (including phenoxy) is 1. The van der Waals surface area contributed by atoms with Gasteiger partial charge in [-0.1, -0.05) is 31.9 Å². The van der Waals surface area contributed by atoms with E-state index in [1.807, 2.05) is 6.92 Å². The van der Waals surface area contributed by atoms with Gasteiger partial charge in [-0.3, -0.25) is 4.79 Å². The summed E-state index contributed by atoms with van der Waals surface area (Å²) in [7, 11) is 1.49. The van der Waals surface area contributed by atoms with Gasteiger partial charge < -0.3 is 9.84 Å². The van der Waals surface area contributed by atoms with Gasteiger partial charge in [0.05, 0.1) is 13.5 Å². The number of benzene rings is 1. The first-order valence-electron chi connectivity index (χ1n) is 8.52. The third-order valence-electron chi connectivity index (χ3n) is 4.32. The maximum absolute atomic E-state index is 13.4. The second-order valence-corrected chi connectivity index (χ2v) is 6.34. The van der Waals surface area contributed by atoms with Crippen molar-refractivity contribution in [1.29, 1.82) is 0 Å². The molecule has 1 aliphatic rings. The predicted octanol–water partition coefficient (Wildman–Crippen LogP) is 3.66. The maximum Gasteiger partial charge on any atom is 0.438 e. The highest BCUT2D eigenvalue weighted by Gasteiger charge is 2.62. The Bertz CT molecular complexity index is 659. The molecule has 1 aromatic rings. The van der Waals surface area contributed by atoms with Crippen molar-refractivity contribution in [3.05, 3.63) is 29.8 Å². The molecule has 8 heteroatoms. The highest BCUT2D eigenvalue weighted by Crippen LogP contribution is 2.41. The molecule has 144 valence electrons. The summed E-state index contributed by atoms with van der Waals surface area (Å²) >= 11 is 0. The first-order valence-corrected chi connectivity index (χ1v) is 8.52. The van der Waals surface area contributed by atoms with Crippen molar-refractivity contribution in [2.45, 2.75) is 57.3 Å². The summed E-state index contributed by atoms with van der Waals surface area (Å²) in [4.78, 5) is 12.4. The molecule has 1 N–H and O–H groups in total. The van der Waals surface area contributed by atoms with Crippen molar-refractivity contribution in [1.82, 2.24) is 5.01 Å². The molecular formula is C18H23F3N2O3. The van der Waals surface area contributed by atoms with Crippen LogP contribution in [0.1, 0.15) is 44.6 Å². The van der Waals surface area contributed by atoms with E-state index in [9.17, 15) is 23.1 Å². The monoisotopic (exact) mass is 372 g/mol. The van der Waals surface area contributed by atoms with Crippen LogP contribution in [-0.2, 0) is 11.2 Å². The molecule has 0 saturated carbocycles. The van der Waals surface area contributed by atoms with Crippen molar-refractivity contribution >= 4 is 11.6 Å². The molecule has 5 nitrogen and oxygen atoms in total. The first-order chi connectivity index (χ1) is 12.2. The summed E-state index contributed by atoms with van der Waals surface area (Å²) in [6, 6.07) is 6.40. The summed E-state index contributed by atoms with van der Waals surface area (Å²) in [5.74, 6) is -0.328. The normalized spacial score (nSPS) is 20.2. The van der Waals surface area contributed by atoms with Gasteiger partial charge >= 0.3 is 6.18 Å². The molecular weight excluding hydrogens is 349 g/mol.